The molecule has 2 aliphatic heterocycles. The maximum absolute atomic E-state index is 13.8. The molecule has 0 amide bonds. The number of Topliss-reactive ketones (excluding diaryl/α,β-unsaturated/α-hetero) is 1. The van der Waals surface area contributed by atoms with Gasteiger partial charge >= 0.3 is 5.97 Å². The van der Waals surface area contributed by atoms with Crippen molar-refractivity contribution in [1.29, 1.82) is 0 Å². The van der Waals surface area contributed by atoms with E-state index in [-0.39, 0.29) is 18.4 Å². The molecule has 7 heteroatoms. The van der Waals surface area contributed by atoms with Crippen LogP contribution in [0.1, 0.15) is 52.9 Å². The van der Waals surface area contributed by atoms with Crippen LogP contribution < -0.4 is 0 Å². The van der Waals surface area contributed by atoms with Crippen molar-refractivity contribution in [1.82, 2.24) is 0 Å². The molecular weight excluding hydrogens is 388 g/mol. The van der Waals surface area contributed by atoms with Gasteiger partial charge in [0.05, 0.1) is 12.7 Å². The number of hydrogen-bond acceptors (Lipinski definition) is 7. The van der Waals surface area contributed by atoms with Gasteiger partial charge in [-0.15, -0.1) is 0 Å². The highest BCUT2D eigenvalue weighted by Crippen LogP contribution is 2.76. The first-order valence-electron chi connectivity index (χ1n) is 11.2. The van der Waals surface area contributed by atoms with E-state index in [0.717, 1.165) is 0 Å². The third-order valence-electron chi connectivity index (χ3n) is 9.40. The number of fused-ring (bicyclic) bond motifs is 2. The molecule has 0 aromatic carbocycles. The lowest BCUT2D eigenvalue weighted by Gasteiger charge is -2.74. The molecule has 2 heterocycles. The highest BCUT2D eigenvalue weighted by molar-refractivity contribution is 6.05. The van der Waals surface area contributed by atoms with Gasteiger partial charge in [0.25, 0.3) is 0 Å². The molecule has 2 spiro atoms. The third kappa shape index (κ3) is 1.93. The first kappa shape index (κ1) is 20.6. The van der Waals surface area contributed by atoms with Crippen LogP contribution in [0.3, 0.4) is 0 Å². The summed E-state index contributed by atoms with van der Waals surface area (Å²) in [6.45, 7) is 9.81. The second-order valence-corrected chi connectivity index (χ2v) is 10.8. The summed E-state index contributed by atoms with van der Waals surface area (Å²) in [6.07, 6.45) is -0.576. The molecule has 6 aliphatic rings. The van der Waals surface area contributed by atoms with Crippen LogP contribution in [0.25, 0.3) is 0 Å². The predicted molar refractivity (Wildman–Crippen MR) is 105 cm³/mol. The van der Waals surface area contributed by atoms with Crippen molar-refractivity contribution >= 4 is 11.8 Å². The molecule has 7 nitrogen and oxygen atoms in total. The fraction of sp³-hybridized carbons (Fsp3) is 0.826. The summed E-state index contributed by atoms with van der Waals surface area (Å²) in [5.74, 6) is -4.36. The van der Waals surface area contributed by atoms with Gasteiger partial charge in [-0.3, -0.25) is 9.59 Å². The fourth-order valence-electron chi connectivity index (χ4n) is 8.26. The summed E-state index contributed by atoms with van der Waals surface area (Å²) >= 11 is 0. The Morgan fingerprint density at radius 3 is 2.63 bits per heavy atom. The molecule has 2 saturated heterocycles. The molecular formula is C23H32O7. The van der Waals surface area contributed by atoms with Gasteiger partial charge in [-0.2, -0.15) is 0 Å². The Hall–Kier alpha value is -1.28. The summed E-state index contributed by atoms with van der Waals surface area (Å²) in [4.78, 5) is 26.1. The minimum absolute atomic E-state index is 0.0705. The van der Waals surface area contributed by atoms with Gasteiger partial charge in [0.1, 0.15) is 17.6 Å². The molecule has 1 unspecified atom stereocenters. The van der Waals surface area contributed by atoms with Crippen molar-refractivity contribution < 1.29 is 34.4 Å². The molecule has 4 saturated carbocycles. The Morgan fingerprint density at radius 1 is 1.27 bits per heavy atom. The molecule has 0 aromatic heterocycles. The van der Waals surface area contributed by atoms with Gasteiger partial charge in [0.15, 0.2) is 5.78 Å². The largest absolute Gasteiger partial charge is 0.460 e. The van der Waals surface area contributed by atoms with Crippen molar-refractivity contribution in [3.63, 3.8) is 0 Å². The summed E-state index contributed by atoms with van der Waals surface area (Å²) in [6, 6.07) is 0. The standard InChI is InChI=1S/C23H32O7/c1-5-15(25)30-19-12-6-7-13-21-10-29-23(28,22(13,19)17(26)11(12)2)18(27)16(21)20(3,4)9-8-14(21)24/h12-14,16,18-19,24,27-28H,2,5-10H2,1,3-4H3/t12-,13?,14-,16+,18-,19+,21+,22-,23-/m0/s1. The Labute approximate surface area is 176 Å². The molecule has 9 atom stereocenters. The van der Waals surface area contributed by atoms with Gasteiger partial charge in [-0.05, 0) is 42.6 Å². The number of ether oxygens (including phenoxy) is 2. The average Bonchev–Trinajstić information content (AvgIpc) is 2.81. The van der Waals surface area contributed by atoms with Gasteiger partial charge in [0, 0.05) is 23.7 Å². The van der Waals surface area contributed by atoms with Crippen LogP contribution in [-0.2, 0) is 19.1 Å². The smallest absolute Gasteiger partial charge is 0.305 e. The number of aliphatic hydroxyl groups excluding tert-OH is 2. The molecule has 4 aliphatic carbocycles. The molecule has 6 fully saturated rings. The van der Waals surface area contributed by atoms with Crippen molar-refractivity contribution in [2.24, 2.45) is 34.0 Å². The van der Waals surface area contributed by atoms with E-state index in [0.29, 0.717) is 31.3 Å². The van der Waals surface area contributed by atoms with E-state index < -0.39 is 64.4 Å². The predicted octanol–water partition coefficient (Wildman–Crippen LogP) is 1.34. The van der Waals surface area contributed by atoms with E-state index in [1.165, 1.54) is 0 Å². The average molecular weight is 421 g/mol. The molecule has 166 valence electrons. The molecule has 0 aromatic rings. The Morgan fingerprint density at radius 2 is 1.97 bits per heavy atom. The van der Waals surface area contributed by atoms with E-state index in [2.05, 4.69) is 6.58 Å². The Bertz CT molecular complexity index is 835. The first-order chi connectivity index (χ1) is 14.0. The van der Waals surface area contributed by atoms with E-state index in [4.69, 9.17) is 9.47 Å². The van der Waals surface area contributed by atoms with Gasteiger partial charge < -0.3 is 24.8 Å². The number of esters is 1. The maximum atomic E-state index is 13.8. The number of aliphatic hydroxyl groups is 3. The lowest BCUT2D eigenvalue weighted by atomic mass is 9.35. The van der Waals surface area contributed by atoms with Gasteiger partial charge in [-0.25, -0.2) is 0 Å². The number of ketones is 1. The van der Waals surface area contributed by atoms with Crippen LogP contribution >= 0.6 is 0 Å². The van der Waals surface area contributed by atoms with Crippen molar-refractivity contribution in [2.45, 2.75) is 77.0 Å². The van der Waals surface area contributed by atoms with Crippen LogP contribution in [0.5, 0.6) is 0 Å². The highest BCUT2D eigenvalue weighted by atomic mass is 16.6. The topological polar surface area (TPSA) is 113 Å². The van der Waals surface area contributed by atoms with Gasteiger partial charge in [-0.1, -0.05) is 27.4 Å². The van der Waals surface area contributed by atoms with Crippen molar-refractivity contribution in [2.75, 3.05) is 6.61 Å². The number of carbonyl (C=O) groups is 2. The monoisotopic (exact) mass is 420 g/mol. The minimum atomic E-state index is -2.19. The van der Waals surface area contributed by atoms with Crippen LogP contribution in [0.15, 0.2) is 12.2 Å². The van der Waals surface area contributed by atoms with Crippen LogP contribution in [-0.4, -0.2) is 57.8 Å². The zero-order valence-electron chi connectivity index (χ0n) is 17.9. The molecule has 0 radical (unpaired) electrons. The molecule has 4 bridgehead atoms. The van der Waals surface area contributed by atoms with E-state index in [1.807, 2.05) is 13.8 Å². The fourth-order valence-corrected chi connectivity index (χ4v) is 8.26. The Balaban J connectivity index is 1.77. The lowest BCUT2D eigenvalue weighted by Crippen LogP contribution is -2.85. The van der Waals surface area contributed by atoms with Gasteiger partial charge in [0.2, 0.25) is 5.79 Å². The zero-order chi connectivity index (χ0) is 21.9. The second-order valence-electron chi connectivity index (χ2n) is 10.8. The molecule has 3 N–H and O–H groups in total. The molecule has 6 rings (SSSR count). The SMILES string of the molecule is C=C1C(=O)[C@@]23C(CC[C@@H]1[C@H]2OC(=O)CC)[C@@]12CO[C@@]3(O)[C@@H](O)[C@@H]1C(C)(C)CC[C@@H]2O. The highest BCUT2D eigenvalue weighted by Gasteiger charge is 2.87. The normalized spacial score (nSPS) is 53.3. The van der Waals surface area contributed by atoms with Crippen LogP contribution in [0.2, 0.25) is 0 Å². The van der Waals surface area contributed by atoms with Crippen molar-refractivity contribution in [3.05, 3.63) is 12.2 Å². The first-order valence-corrected chi connectivity index (χ1v) is 11.2. The van der Waals surface area contributed by atoms with Crippen LogP contribution in [0.4, 0.5) is 0 Å². The summed E-state index contributed by atoms with van der Waals surface area (Å²) in [5.41, 5.74) is -2.57. The quantitative estimate of drug-likeness (QED) is 0.456. The summed E-state index contributed by atoms with van der Waals surface area (Å²) in [7, 11) is 0. The van der Waals surface area contributed by atoms with Crippen LogP contribution in [0, 0.1) is 34.0 Å². The minimum Gasteiger partial charge on any atom is -0.460 e. The number of rotatable bonds is 2. The van der Waals surface area contributed by atoms with Crippen molar-refractivity contribution in [3.8, 4) is 0 Å². The van der Waals surface area contributed by atoms with E-state index >= 15 is 0 Å². The number of hydrogen-bond donors (Lipinski definition) is 3. The summed E-state index contributed by atoms with van der Waals surface area (Å²) in [5, 5.41) is 34.8. The van der Waals surface area contributed by atoms with E-state index in [1.54, 1.807) is 6.92 Å². The second kappa shape index (κ2) is 5.94. The summed E-state index contributed by atoms with van der Waals surface area (Å²) < 4.78 is 11.8. The van der Waals surface area contributed by atoms with E-state index in [9.17, 15) is 24.9 Å². The number of carbonyl (C=O) groups excluding carboxylic acids is 2. The maximum Gasteiger partial charge on any atom is 0.305 e. The zero-order valence-corrected chi connectivity index (χ0v) is 17.9. The third-order valence-corrected chi connectivity index (χ3v) is 9.40. The molecule has 30 heavy (non-hydrogen) atoms. The lowest BCUT2D eigenvalue weighted by molar-refractivity contribution is -0.458. The Kier molecular flexibility index (Phi) is 4.08.